The van der Waals surface area contributed by atoms with E-state index in [4.69, 9.17) is 0 Å². The average Bonchev–Trinajstić information content (AvgIpc) is 3.02. The Labute approximate surface area is 163 Å². The number of nitrogens with one attached hydrogen (secondary N) is 3. The number of amidine groups is 1. The number of sulfonamides is 1. The van der Waals surface area contributed by atoms with E-state index in [1.54, 1.807) is 13.8 Å². The molecule has 0 bridgehead atoms. The van der Waals surface area contributed by atoms with Crippen LogP contribution in [0.25, 0.3) is 0 Å². The summed E-state index contributed by atoms with van der Waals surface area (Å²) in [5, 5.41) is 25.1. The fraction of sp³-hybridized carbons (Fsp3) is 0.357. The molecule has 10 nitrogen and oxygen atoms in total. The van der Waals surface area contributed by atoms with Crippen molar-refractivity contribution in [3.63, 3.8) is 0 Å². The first-order valence-electron chi connectivity index (χ1n) is 7.73. The van der Waals surface area contributed by atoms with Crippen molar-refractivity contribution in [2.45, 2.75) is 19.9 Å². The number of halogens is 2. The first kappa shape index (κ1) is 21.1. The van der Waals surface area contributed by atoms with Crippen molar-refractivity contribution in [3.05, 3.63) is 34.2 Å². The number of hydrogen-bond donors (Lipinski definition) is 4. The van der Waals surface area contributed by atoms with Gasteiger partial charge in [-0.25, -0.2) is 22.2 Å². The Morgan fingerprint density at radius 1 is 1.41 bits per heavy atom. The van der Waals surface area contributed by atoms with E-state index in [0.717, 1.165) is 0 Å². The molecule has 2 aromatic rings. The molecule has 27 heavy (non-hydrogen) atoms. The number of anilines is 2. The van der Waals surface area contributed by atoms with Crippen LogP contribution in [0.1, 0.15) is 19.5 Å². The molecule has 148 valence electrons. The normalized spacial score (nSPS) is 12.4. The smallest absolute Gasteiger partial charge is 0.213 e. The highest BCUT2D eigenvalue weighted by atomic mass is 79.9. The molecule has 0 saturated heterocycles. The highest BCUT2D eigenvalue weighted by Crippen LogP contribution is 2.21. The molecule has 0 aliphatic rings. The lowest BCUT2D eigenvalue weighted by atomic mass is 10.3. The molecule has 0 unspecified atom stereocenters. The largest absolute Gasteiger partial charge is 0.409 e. The predicted molar refractivity (Wildman–Crippen MR) is 101 cm³/mol. The minimum atomic E-state index is -3.46. The second kappa shape index (κ2) is 9.10. The molecule has 0 saturated carbocycles. The number of nitrogens with zero attached hydrogens (tertiary/aromatic N) is 3. The standard InChI is InChI=1S/C14H18BrFN6O4S/c1-8(2)22-27(24,25)6-5-17-13-12(20-26-21-13)14(19-23)18-9-3-4-11(16)10(15)7-9/h3-4,7-8,22-23H,5-6H2,1-2H3,(H,17,21)(H,18,19). The number of benzene rings is 1. The van der Waals surface area contributed by atoms with Gasteiger partial charge in [0.25, 0.3) is 0 Å². The van der Waals surface area contributed by atoms with Crippen LogP contribution in [0, 0.1) is 5.82 Å². The number of rotatable bonds is 8. The molecule has 0 spiro atoms. The minimum Gasteiger partial charge on any atom is -0.409 e. The zero-order valence-electron chi connectivity index (χ0n) is 14.4. The number of oxime groups is 1. The monoisotopic (exact) mass is 464 g/mol. The molecule has 1 aromatic heterocycles. The summed E-state index contributed by atoms with van der Waals surface area (Å²) in [4.78, 5) is 0. The quantitative estimate of drug-likeness (QED) is 0.201. The van der Waals surface area contributed by atoms with Gasteiger partial charge in [-0.2, -0.15) is 0 Å². The molecule has 2 rings (SSSR count). The van der Waals surface area contributed by atoms with Gasteiger partial charge in [-0.1, -0.05) is 5.16 Å². The third-order valence-corrected chi connectivity index (χ3v) is 5.25. The van der Waals surface area contributed by atoms with E-state index in [-0.39, 0.29) is 40.2 Å². The van der Waals surface area contributed by atoms with Crippen molar-refractivity contribution in [2.24, 2.45) is 5.16 Å². The van der Waals surface area contributed by atoms with E-state index in [2.05, 4.69) is 51.4 Å². The van der Waals surface area contributed by atoms with Crippen LogP contribution in [0.3, 0.4) is 0 Å². The second-order valence-electron chi connectivity index (χ2n) is 5.68. The lowest BCUT2D eigenvalue weighted by Crippen LogP contribution is -2.34. The maximum absolute atomic E-state index is 13.3. The Bertz CT molecular complexity index is 918. The van der Waals surface area contributed by atoms with E-state index < -0.39 is 15.8 Å². The molecule has 1 heterocycles. The Hall–Kier alpha value is -2.25. The Balaban J connectivity index is 2.06. The molecular formula is C14H18BrFN6O4S. The zero-order chi connectivity index (χ0) is 20.0. The summed E-state index contributed by atoms with van der Waals surface area (Å²) in [5.74, 6) is -0.706. The fourth-order valence-corrected chi connectivity index (χ4v) is 3.61. The van der Waals surface area contributed by atoms with Crippen LogP contribution >= 0.6 is 15.9 Å². The summed E-state index contributed by atoms with van der Waals surface area (Å²) in [5.41, 5.74) is 0.431. The first-order chi connectivity index (χ1) is 12.7. The molecule has 0 fully saturated rings. The van der Waals surface area contributed by atoms with Gasteiger partial charge in [0, 0.05) is 18.3 Å². The molecule has 0 aliphatic heterocycles. The van der Waals surface area contributed by atoms with Crippen molar-refractivity contribution < 1.29 is 22.6 Å². The topological polar surface area (TPSA) is 142 Å². The molecule has 13 heteroatoms. The number of hydrogen-bond acceptors (Lipinski definition) is 8. The third-order valence-electron chi connectivity index (χ3n) is 3.07. The summed E-state index contributed by atoms with van der Waals surface area (Å²) >= 11 is 3.05. The van der Waals surface area contributed by atoms with Gasteiger partial charge in [-0.3, -0.25) is 0 Å². The Morgan fingerprint density at radius 2 is 2.15 bits per heavy atom. The van der Waals surface area contributed by atoms with E-state index in [1.165, 1.54) is 18.2 Å². The van der Waals surface area contributed by atoms with Gasteiger partial charge in [0.15, 0.2) is 5.69 Å². The van der Waals surface area contributed by atoms with Gasteiger partial charge < -0.3 is 15.8 Å². The van der Waals surface area contributed by atoms with Crippen molar-refractivity contribution >= 4 is 43.3 Å². The van der Waals surface area contributed by atoms with Gasteiger partial charge >= 0.3 is 0 Å². The van der Waals surface area contributed by atoms with Crippen molar-refractivity contribution in [2.75, 3.05) is 22.9 Å². The second-order valence-corrected chi connectivity index (χ2v) is 8.41. The molecule has 0 amide bonds. The Morgan fingerprint density at radius 3 is 2.78 bits per heavy atom. The molecule has 1 aromatic carbocycles. The fourth-order valence-electron chi connectivity index (χ4n) is 2.02. The van der Waals surface area contributed by atoms with Crippen LogP contribution in [0.15, 0.2) is 32.5 Å². The van der Waals surface area contributed by atoms with E-state index in [0.29, 0.717) is 5.69 Å². The molecular weight excluding hydrogens is 447 g/mol. The van der Waals surface area contributed by atoms with E-state index in [1.807, 2.05) is 0 Å². The average molecular weight is 465 g/mol. The zero-order valence-corrected chi connectivity index (χ0v) is 16.8. The first-order valence-corrected chi connectivity index (χ1v) is 10.2. The molecule has 0 radical (unpaired) electrons. The minimum absolute atomic E-state index is 0.0179. The summed E-state index contributed by atoms with van der Waals surface area (Å²) < 4.78 is 44.3. The van der Waals surface area contributed by atoms with Crippen LogP contribution in [0.4, 0.5) is 15.9 Å². The van der Waals surface area contributed by atoms with Gasteiger partial charge in [-0.05, 0) is 58.3 Å². The maximum atomic E-state index is 13.3. The molecule has 0 atom stereocenters. The summed E-state index contributed by atoms with van der Waals surface area (Å²) in [6.45, 7) is 3.45. The van der Waals surface area contributed by atoms with Crippen LogP contribution < -0.4 is 15.4 Å². The summed E-state index contributed by atoms with van der Waals surface area (Å²) in [7, 11) is -3.46. The van der Waals surface area contributed by atoms with Crippen LogP contribution in [0.5, 0.6) is 0 Å². The van der Waals surface area contributed by atoms with Crippen LogP contribution in [-0.4, -0.2) is 48.1 Å². The van der Waals surface area contributed by atoms with Gasteiger partial charge in [0.2, 0.25) is 21.7 Å². The molecule has 4 N–H and O–H groups in total. The Kier molecular flexibility index (Phi) is 7.10. The number of aromatic nitrogens is 2. The highest BCUT2D eigenvalue weighted by molar-refractivity contribution is 9.10. The lowest BCUT2D eigenvalue weighted by molar-refractivity contribution is 0.305. The predicted octanol–water partition coefficient (Wildman–Crippen LogP) is 1.96. The van der Waals surface area contributed by atoms with Crippen molar-refractivity contribution in [1.29, 1.82) is 0 Å². The van der Waals surface area contributed by atoms with Crippen LogP contribution in [-0.2, 0) is 10.0 Å². The maximum Gasteiger partial charge on any atom is 0.213 e. The van der Waals surface area contributed by atoms with E-state index >= 15 is 0 Å². The van der Waals surface area contributed by atoms with Gasteiger partial charge in [0.05, 0.1) is 10.2 Å². The highest BCUT2D eigenvalue weighted by Gasteiger charge is 2.19. The lowest BCUT2D eigenvalue weighted by Gasteiger charge is -2.10. The van der Waals surface area contributed by atoms with Crippen molar-refractivity contribution in [3.8, 4) is 0 Å². The molecule has 0 aliphatic carbocycles. The third kappa shape index (κ3) is 6.15. The SMILES string of the molecule is CC(C)NS(=O)(=O)CCNc1nonc1C(=NO)Nc1ccc(F)c(Br)c1. The summed E-state index contributed by atoms with van der Waals surface area (Å²) in [6.07, 6.45) is 0. The van der Waals surface area contributed by atoms with Crippen LogP contribution in [0.2, 0.25) is 0 Å². The van der Waals surface area contributed by atoms with Gasteiger partial charge in [0.1, 0.15) is 5.82 Å². The van der Waals surface area contributed by atoms with Gasteiger partial charge in [-0.15, -0.1) is 0 Å². The van der Waals surface area contributed by atoms with Crippen molar-refractivity contribution in [1.82, 2.24) is 15.0 Å². The van der Waals surface area contributed by atoms with E-state index in [9.17, 15) is 18.0 Å². The summed E-state index contributed by atoms with van der Waals surface area (Å²) in [6, 6.07) is 3.86.